The van der Waals surface area contributed by atoms with Crippen molar-refractivity contribution in [2.45, 2.75) is 20.8 Å². The molecule has 0 radical (unpaired) electrons. The minimum absolute atomic E-state index is 0.338. The van der Waals surface area contributed by atoms with Gasteiger partial charge >= 0.3 is 0 Å². The van der Waals surface area contributed by atoms with Gasteiger partial charge in [-0.2, -0.15) is 0 Å². The van der Waals surface area contributed by atoms with Gasteiger partial charge in [0.15, 0.2) is 11.5 Å². The molecule has 1 N–H and O–H groups in total. The second-order valence-electron chi connectivity index (χ2n) is 7.59. The van der Waals surface area contributed by atoms with Crippen molar-refractivity contribution in [3.8, 4) is 17.2 Å². The molecule has 3 aromatic rings. The summed E-state index contributed by atoms with van der Waals surface area (Å²) in [5.74, 6) is 0.187. The lowest BCUT2D eigenvalue weighted by Crippen LogP contribution is -2.29. The van der Waals surface area contributed by atoms with Crippen LogP contribution in [0.15, 0.2) is 60.7 Å². The summed E-state index contributed by atoms with van der Waals surface area (Å²) in [4.78, 5) is 39.5. The number of hydrogen-bond acceptors (Lipinski definition) is 6. The van der Waals surface area contributed by atoms with Crippen molar-refractivity contribution in [3.05, 3.63) is 77.4 Å². The first-order valence-corrected chi connectivity index (χ1v) is 11.4. The Morgan fingerprint density at radius 3 is 1.77 bits per heavy atom. The molecule has 4 rings (SSSR count). The molecule has 1 aliphatic heterocycles. The van der Waals surface area contributed by atoms with Crippen LogP contribution in [0.4, 0.5) is 11.4 Å². The molecule has 0 aromatic heterocycles. The number of nitrogens with one attached hydrogen (secondary N) is 1. The highest BCUT2D eigenvalue weighted by Crippen LogP contribution is 2.39. The van der Waals surface area contributed by atoms with Crippen LogP contribution in [0.5, 0.6) is 17.2 Å². The number of imide groups is 1. The number of nitrogens with zero attached hydrogens (tertiary/aromatic N) is 1. The van der Waals surface area contributed by atoms with E-state index in [0.29, 0.717) is 65.1 Å². The van der Waals surface area contributed by atoms with Crippen LogP contribution in [0.3, 0.4) is 0 Å². The third kappa shape index (κ3) is 4.68. The van der Waals surface area contributed by atoms with Crippen LogP contribution in [0.1, 0.15) is 51.8 Å². The number of fused-ring (bicyclic) bond motifs is 1. The summed E-state index contributed by atoms with van der Waals surface area (Å²) >= 11 is 0. The summed E-state index contributed by atoms with van der Waals surface area (Å²) in [6, 6.07) is 16.4. The van der Waals surface area contributed by atoms with Gasteiger partial charge in [-0.1, -0.05) is 12.1 Å². The van der Waals surface area contributed by atoms with Crippen molar-refractivity contribution in [1.29, 1.82) is 0 Å². The predicted octanol–water partition coefficient (Wildman–Crippen LogP) is 4.94. The van der Waals surface area contributed by atoms with Crippen LogP contribution in [0.2, 0.25) is 0 Å². The molecule has 0 unspecified atom stereocenters. The van der Waals surface area contributed by atoms with E-state index in [1.54, 1.807) is 60.7 Å². The first-order chi connectivity index (χ1) is 17.0. The number of amides is 3. The Kier molecular flexibility index (Phi) is 7.01. The number of carbonyl (C=O) groups excluding carboxylic acids is 3. The highest BCUT2D eigenvalue weighted by atomic mass is 16.5. The van der Waals surface area contributed by atoms with Gasteiger partial charge in [-0.15, -0.1) is 0 Å². The van der Waals surface area contributed by atoms with Crippen molar-refractivity contribution < 1.29 is 28.6 Å². The molecular weight excluding hydrogens is 448 g/mol. The van der Waals surface area contributed by atoms with Crippen molar-refractivity contribution >= 4 is 29.1 Å². The van der Waals surface area contributed by atoms with Gasteiger partial charge < -0.3 is 19.5 Å². The van der Waals surface area contributed by atoms with E-state index in [-0.39, 0.29) is 17.7 Å². The number of anilines is 2. The normalized spacial score (nSPS) is 12.4. The molecule has 3 aromatic carbocycles. The van der Waals surface area contributed by atoms with E-state index < -0.39 is 0 Å². The van der Waals surface area contributed by atoms with Crippen LogP contribution < -0.4 is 24.4 Å². The van der Waals surface area contributed by atoms with E-state index in [2.05, 4.69) is 5.32 Å². The molecule has 1 heterocycles. The minimum atomic E-state index is -0.372. The second-order valence-corrected chi connectivity index (χ2v) is 7.59. The highest BCUT2D eigenvalue weighted by Gasteiger charge is 2.36. The number of carbonyl (C=O) groups is 3. The van der Waals surface area contributed by atoms with Crippen molar-refractivity contribution in [2.24, 2.45) is 0 Å². The molecule has 8 nitrogen and oxygen atoms in total. The van der Waals surface area contributed by atoms with Crippen molar-refractivity contribution in [1.82, 2.24) is 0 Å². The molecule has 0 saturated carbocycles. The van der Waals surface area contributed by atoms with Crippen LogP contribution >= 0.6 is 0 Å². The largest absolute Gasteiger partial charge is 0.490 e. The number of benzene rings is 3. The van der Waals surface area contributed by atoms with Crippen LogP contribution in [0.25, 0.3) is 0 Å². The zero-order valence-corrected chi connectivity index (χ0v) is 19.8. The fraction of sp³-hybridized carbons (Fsp3) is 0.222. The van der Waals surface area contributed by atoms with E-state index in [4.69, 9.17) is 14.2 Å². The van der Waals surface area contributed by atoms with Crippen LogP contribution in [-0.4, -0.2) is 37.5 Å². The van der Waals surface area contributed by atoms with Gasteiger partial charge in [-0.25, -0.2) is 4.90 Å². The van der Waals surface area contributed by atoms with Gasteiger partial charge in [0, 0.05) is 11.3 Å². The lowest BCUT2D eigenvalue weighted by Gasteiger charge is -2.17. The van der Waals surface area contributed by atoms with E-state index in [1.165, 1.54) is 0 Å². The lowest BCUT2D eigenvalue weighted by molar-refractivity contribution is 0.0924. The summed E-state index contributed by atoms with van der Waals surface area (Å²) < 4.78 is 17.1. The zero-order chi connectivity index (χ0) is 24.9. The Morgan fingerprint density at radius 1 is 0.771 bits per heavy atom. The molecular formula is C27H26N2O6. The first-order valence-electron chi connectivity index (χ1n) is 11.4. The Morgan fingerprint density at radius 2 is 1.29 bits per heavy atom. The average molecular weight is 475 g/mol. The quantitative estimate of drug-likeness (QED) is 0.442. The molecule has 0 aliphatic carbocycles. The Balaban J connectivity index is 1.55. The maximum absolute atomic E-state index is 13.0. The molecule has 3 amide bonds. The van der Waals surface area contributed by atoms with E-state index in [9.17, 15) is 14.4 Å². The van der Waals surface area contributed by atoms with Gasteiger partial charge in [-0.3, -0.25) is 14.4 Å². The Labute approximate surface area is 203 Å². The van der Waals surface area contributed by atoms with E-state index in [0.717, 1.165) is 4.90 Å². The van der Waals surface area contributed by atoms with Gasteiger partial charge in [0.1, 0.15) is 0 Å². The van der Waals surface area contributed by atoms with Crippen LogP contribution in [-0.2, 0) is 0 Å². The molecule has 35 heavy (non-hydrogen) atoms. The minimum Gasteiger partial charge on any atom is -0.490 e. The van der Waals surface area contributed by atoms with Crippen molar-refractivity contribution in [2.75, 3.05) is 30.0 Å². The number of hydrogen-bond donors (Lipinski definition) is 1. The molecule has 0 fully saturated rings. The summed E-state index contributed by atoms with van der Waals surface area (Å²) in [5, 5.41) is 2.83. The maximum atomic E-state index is 13.0. The molecule has 0 spiro atoms. The van der Waals surface area contributed by atoms with Gasteiger partial charge in [0.2, 0.25) is 5.75 Å². The monoisotopic (exact) mass is 474 g/mol. The maximum Gasteiger partial charge on any atom is 0.266 e. The summed E-state index contributed by atoms with van der Waals surface area (Å²) in [5.41, 5.74) is 2.01. The predicted molar refractivity (Wildman–Crippen MR) is 132 cm³/mol. The van der Waals surface area contributed by atoms with Gasteiger partial charge in [0.05, 0.1) is 36.6 Å². The lowest BCUT2D eigenvalue weighted by atomic mass is 10.1. The average Bonchev–Trinajstić information content (AvgIpc) is 3.12. The zero-order valence-electron chi connectivity index (χ0n) is 19.8. The second kappa shape index (κ2) is 10.3. The third-order valence-corrected chi connectivity index (χ3v) is 5.35. The number of rotatable bonds is 9. The van der Waals surface area contributed by atoms with Gasteiger partial charge in [-0.05, 0) is 69.3 Å². The number of ether oxygens (including phenoxy) is 3. The van der Waals surface area contributed by atoms with E-state index in [1.807, 2.05) is 20.8 Å². The standard InChI is InChI=1S/C27H26N2O6/c1-4-33-22-15-17(16-23(34-5-2)24(22)35-6-3)25(30)28-18-11-13-19(14-12-18)29-26(31)20-9-7-8-10-21(20)27(29)32/h7-16H,4-6H2,1-3H3,(H,28,30). The molecule has 0 saturated heterocycles. The molecule has 0 atom stereocenters. The summed E-state index contributed by atoms with van der Waals surface area (Å²) in [7, 11) is 0. The van der Waals surface area contributed by atoms with Crippen molar-refractivity contribution in [3.63, 3.8) is 0 Å². The smallest absolute Gasteiger partial charge is 0.266 e. The topological polar surface area (TPSA) is 94.2 Å². The fourth-order valence-corrected chi connectivity index (χ4v) is 3.84. The Hall–Kier alpha value is -4.33. The molecule has 180 valence electrons. The summed E-state index contributed by atoms with van der Waals surface area (Å²) in [6.07, 6.45) is 0. The van der Waals surface area contributed by atoms with E-state index >= 15 is 0 Å². The fourth-order valence-electron chi connectivity index (χ4n) is 3.84. The Bertz CT molecular complexity index is 1210. The summed E-state index contributed by atoms with van der Waals surface area (Å²) in [6.45, 7) is 6.77. The molecule has 1 aliphatic rings. The molecule has 8 heteroatoms. The SMILES string of the molecule is CCOc1cc(C(=O)Nc2ccc(N3C(=O)c4ccccc4C3=O)cc2)cc(OCC)c1OCC. The van der Waals surface area contributed by atoms with Gasteiger partial charge in [0.25, 0.3) is 17.7 Å². The molecule has 0 bridgehead atoms. The highest BCUT2D eigenvalue weighted by molar-refractivity contribution is 6.34. The first kappa shape index (κ1) is 23.8. The third-order valence-electron chi connectivity index (χ3n) is 5.35. The van der Waals surface area contributed by atoms with Crippen LogP contribution in [0, 0.1) is 0 Å².